The van der Waals surface area contributed by atoms with Crippen LogP contribution in [-0.4, -0.2) is 35.0 Å². The van der Waals surface area contributed by atoms with Crippen LogP contribution in [0.1, 0.15) is 61.0 Å². The fourth-order valence-corrected chi connectivity index (χ4v) is 5.02. The molecule has 3 heterocycles. The molecule has 0 aliphatic carbocycles. The summed E-state index contributed by atoms with van der Waals surface area (Å²) in [6.45, 7) is 10.3. The number of nitrogen functional groups attached to an aromatic ring is 1. The van der Waals surface area contributed by atoms with E-state index in [4.69, 9.17) is 5.84 Å². The lowest BCUT2D eigenvalue weighted by Gasteiger charge is -2.36. The third-order valence-corrected chi connectivity index (χ3v) is 6.32. The lowest BCUT2D eigenvalue weighted by molar-refractivity contribution is 0.103. The number of aromatic nitrogens is 1. The summed E-state index contributed by atoms with van der Waals surface area (Å²) >= 11 is 1.55. The molecule has 0 bridgehead atoms. The zero-order chi connectivity index (χ0) is 19.9. The number of likely N-dealkylation sites (tertiary alicyclic amines) is 1. The predicted octanol–water partition coefficient (Wildman–Crippen LogP) is 4.87. The maximum Gasteiger partial charge on any atom is 0.193 e. The van der Waals surface area contributed by atoms with Gasteiger partial charge in [-0.3, -0.25) is 9.47 Å². The second kappa shape index (κ2) is 7.37. The standard InChI is InChI=1S/C23H29N3OS/c1-23(2,3)15-25-9-6-16(7-10-25)20-13-26(24)21-5-4-17(12-19(20)21)22(27)18-8-11-28-14-18/h4-5,8,11-14,16H,6-7,9-10,15,24H2,1-3H3. The molecule has 5 heteroatoms. The Balaban J connectivity index is 1.59. The number of nitrogens with zero attached hydrogens (tertiary/aromatic N) is 2. The summed E-state index contributed by atoms with van der Waals surface area (Å²) in [7, 11) is 0. The molecule has 4 rings (SSSR count). The molecule has 1 aliphatic heterocycles. The van der Waals surface area contributed by atoms with Crippen LogP contribution in [0.3, 0.4) is 0 Å². The third kappa shape index (κ3) is 3.87. The Morgan fingerprint density at radius 1 is 1.18 bits per heavy atom. The fraction of sp³-hybridized carbons (Fsp3) is 0.435. The molecule has 0 unspecified atom stereocenters. The van der Waals surface area contributed by atoms with E-state index in [1.807, 2.05) is 35.0 Å². The summed E-state index contributed by atoms with van der Waals surface area (Å²) in [4.78, 5) is 15.4. The van der Waals surface area contributed by atoms with E-state index in [0.29, 0.717) is 11.3 Å². The van der Waals surface area contributed by atoms with Crippen molar-refractivity contribution in [2.24, 2.45) is 5.41 Å². The van der Waals surface area contributed by atoms with Crippen LogP contribution < -0.4 is 5.84 Å². The SMILES string of the molecule is CC(C)(C)CN1CCC(c2cn(N)c3ccc(C(=O)c4ccsc4)cc23)CC1. The number of benzene rings is 1. The highest BCUT2D eigenvalue weighted by Gasteiger charge is 2.26. The van der Waals surface area contributed by atoms with Crippen LogP contribution in [-0.2, 0) is 0 Å². The molecular weight excluding hydrogens is 366 g/mol. The molecule has 2 aromatic heterocycles. The van der Waals surface area contributed by atoms with Crippen LogP contribution in [0.4, 0.5) is 0 Å². The van der Waals surface area contributed by atoms with Crippen LogP contribution in [0.5, 0.6) is 0 Å². The second-order valence-electron chi connectivity index (χ2n) is 9.18. The first-order valence-corrected chi connectivity index (χ1v) is 11.0. The molecule has 4 nitrogen and oxygen atoms in total. The average molecular weight is 396 g/mol. The van der Waals surface area contributed by atoms with E-state index in [1.54, 1.807) is 16.0 Å². The smallest absolute Gasteiger partial charge is 0.193 e. The first-order chi connectivity index (χ1) is 13.3. The number of hydrogen-bond acceptors (Lipinski definition) is 4. The van der Waals surface area contributed by atoms with Crippen LogP contribution in [0.15, 0.2) is 41.2 Å². The van der Waals surface area contributed by atoms with Crippen molar-refractivity contribution in [1.82, 2.24) is 9.58 Å². The normalized spacial score (nSPS) is 16.7. The molecule has 2 N–H and O–H groups in total. The summed E-state index contributed by atoms with van der Waals surface area (Å²) in [5.41, 5.74) is 4.11. The van der Waals surface area contributed by atoms with Crippen molar-refractivity contribution in [3.63, 3.8) is 0 Å². The molecule has 1 saturated heterocycles. The van der Waals surface area contributed by atoms with Gasteiger partial charge in [-0.1, -0.05) is 20.8 Å². The molecule has 0 atom stereocenters. The minimum atomic E-state index is 0.0823. The Bertz CT molecular complexity index is 973. The average Bonchev–Trinajstić information content (AvgIpc) is 3.29. The van der Waals surface area contributed by atoms with Gasteiger partial charge >= 0.3 is 0 Å². The van der Waals surface area contributed by atoms with Crippen molar-refractivity contribution >= 4 is 28.0 Å². The summed E-state index contributed by atoms with van der Waals surface area (Å²) in [6.07, 6.45) is 4.34. The summed E-state index contributed by atoms with van der Waals surface area (Å²) in [5, 5.41) is 4.98. The number of carbonyl (C=O) groups excluding carboxylic acids is 1. The van der Waals surface area contributed by atoms with E-state index < -0.39 is 0 Å². The van der Waals surface area contributed by atoms with E-state index in [2.05, 4.69) is 31.9 Å². The van der Waals surface area contributed by atoms with E-state index in [9.17, 15) is 4.79 Å². The number of piperidine rings is 1. The number of ketones is 1. The van der Waals surface area contributed by atoms with E-state index in [1.165, 1.54) is 5.56 Å². The van der Waals surface area contributed by atoms with Gasteiger partial charge in [0, 0.05) is 34.6 Å². The zero-order valence-electron chi connectivity index (χ0n) is 16.9. The van der Waals surface area contributed by atoms with Crippen molar-refractivity contribution < 1.29 is 4.79 Å². The van der Waals surface area contributed by atoms with Crippen LogP contribution in [0.25, 0.3) is 10.9 Å². The van der Waals surface area contributed by atoms with Crippen LogP contribution >= 0.6 is 11.3 Å². The topological polar surface area (TPSA) is 51.3 Å². The quantitative estimate of drug-likeness (QED) is 0.506. The maximum absolute atomic E-state index is 12.8. The van der Waals surface area contributed by atoms with Crippen molar-refractivity contribution in [2.45, 2.75) is 39.5 Å². The van der Waals surface area contributed by atoms with Gasteiger partial charge in [0.05, 0.1) is 5.52 Å². The van der Waals surface area contributed by atoms with Gasteiger partial charge in [-0.15, -0.1) is 0 Å². The number of hydrogen-bond donors (Lipinski definition) is 1. The number of thiophene rings is 1. The highest BCUT2D eigenvalue weighted by Crippen LogP contribution is 2.35. The van der Waals surface area contributed by atoms with Gasteiger partial charge in [0.1, 0.15) is 0 Å². The Labute approximate surface area is 170 Å². The molecular formula is C23H29N3OS. The van der Waals surface area contributed by atoms with Crippen LogP contribution in [0.2, 0.25) is 0 Å². The first kappa shape index (κ1) is 19.2. The highest BCUT2D eigenvalue weighted by atomic mass is 32.1. The number of nitrogens with two attached hydrogens (primary N) is 1. The van der Waals surface area contributed by atoms with Crippen molar-refractivity contribution in [2.75, 3.05) is 25.5 Å². The number of carbonyl (C=O) groups is 1. The fourth-order valence-electron chi connectivity index (χ4n) is 4.38. The highest BCUT2D eigenvalue weighted by molar-refractivity contribution is 7.08. The lowest BCUT2D eigenvalue weighted by Crippen LogP contribution is -2.38. The zero-order valence-corrected chi connectivity index (χ0v) is 17.8. The molecule has 28 heavy (non-hydrogen) atoms. The van der Waals surface area contributed by atoms with Gasteiger partial charge in [-0.05, 0) is 72.5 Å². The molecule has 148 valence electrons. The molecule has 0 amide bonds. The van der Waals surface area contributed by atoms with Gasteiger partial charge in [0.15, 0.2) is 5.78 Å². The molecule has 0 spiro atoms. The van der Waals surface area contributed by atoms with Gasteiger partial charge in [-0.25, -0.2) is 0 Å². The summed E-state index contributed by atoms with van der Waals surface area (Å²) in [6, 6.07) is 7.79. The molecule has 1 fully saturated rings. The minimum Gasteiger partial charge on any atom is -0.339 e. The van der Waals surface area contributed by atoms with E-state index in [-0.39, 0.29) is 5.78 Å². The Morgan fingerprint density at radius 3 is 2.57 bits per heavy atom. The van der Waals surface area contributed by atoms with Gasteiger partial charge in [0.25, 0.3) is 0 Å². The molecule has 0 radical (unpaired) electrons. The van der Waals surface area contributed by atoms with Crippen molar-refractivity contribution in [3.05, 3.63) is 57.9 Å². The molecule has 0 saturated carbocycles. The predicted molar refractivity (Wildman–Crippen MR) is 118 cm³/mol. The Kier molecular flexibility index (Phi) is 5.06. The van der Waals surface area contributed by atoms with Crippen LogP contribution in [0, 0.1) is 5.41 Å². The maximum atomic E-state index is 12.8. The van der Waals surface area contributed by atoms with E-state index >= 15 is 0 Å². The Hall–Kier alpha value is -2.11. The first-order valence-electron chi connectivity index (χ1n) is 10.0. The van der Waals surface area contributed by atoms with Crippen molar-refractivity contribution in [3.8, 4) is 0 Å². The number of fused-ring (bicyclic) bond motifs is 1. The van der Waals surface area contributed by atoms with Crippen molar-refractivity contribution in [1.29, 1.82) is 0 Å². The lowest BCUT2D eigenvalue weighted by atomic mass is 9.87. The van der Waals surface area contributed by atoms with Gasteiger partial charge < -0.3 is 10.7 Å². The third-order valence-electron chi connectivity index (χ3n) is 5.63. The molecule has 1 aromatic carbocycles. The molecule has 3 aromatic rings. The summed E-state index contributed by atoms with van der Waals surface area (Å²) < 4.78 is 1.71. The van der Waals surface area contributed by atoms with E-state index in [0.717, 1.165) is 54.5 Å². The number of rotatable bonds is 4. The van der Waals surface area contributed by atoms with Gasteiger partial charge in [-0.2, -0.15) is 11.3 Å². The summed E-state index contributed by atoms with van der Waals surface area (Å²) in [5.74, 6) is 6.82. The largest absolute Gasteiger partial charge is 0.339 e. The minimum absolute atomic E-state index is 0.0823. The molecule has 1 aliphatic rings. The monoisotopic (exact) mass is 395 g/mol. The van der Waals surface area contributed by atoms with Gasteiger partial charge in [0.2, 0.25) is 0 Å². The Morgan fingerprint density at radius 2 is 1.93 bits per heavy atom. The second-order valence-corrected chi connectivity index (χ2v) is 9.96.